The molecule has 0 aliphatic heterocycles. The van der Waals surface area contributed by atoms with Crippen LogP contribution < -0.4 is 14.4 Å². The van der Waals surface area contributed by atoms with E-state index in [2.05, 4.69) is 29.6 Å². The predicted octanol–water partition coefficient (Wildman–Crippen LogP) is 2.91. The number of ether oxygens (including phenoxy) is 1. The van der Waals surface area contributed by atoms with Gasteiger partial charge in [0, 0.05) is 6.54 Å². The number of hydrogen-bond acceptors (Lipinski definition) is 4. The van der Waals surface area contributed by atoms with Gasteiger partial charge >= 0.3 is 0 Å². The normalized spacial score (nSPS) is 11.1. The molecule has 2 aromatic rings. The van der Waals surface area contributed by atoms with Crippen LogP contribution in [0.4, 0.5) is 5.69 Å². The highest BCUT2D eigenvalue weighted by atomic mass is 32.2. The molecule has 7 heteroatoms. The molecule has 2 rings (SSSR count). The van der Waals surface area contributed by atoms with E-state index in [-0.39, 0.29) is 12.5 Å². The van der Waals surface area contributed by atoms with Crippen molar-refractivity contribution in [2.45, 2.75) is 26.7 Å². The van der Waals surface area contributed by atoms with E-state index >= 15 is 0 Å². The van der Waals surface area contributed by atoms with Crippen LogP contribution in [0.5, 0.6) is 5.75 Å². The van der Waals surface area contributed by atoms with Crippen LogP contribution >= 0.6 is 0 Å². The van der Waals surface area contributed by atoms with Gasteiger partial charge in [0.2, 0.25) is 15.9 Å². The smallest absolute Gasteiger partial charge is 0.240 e. The van der Waals surface area contributed by atoms with E-state index in [1.807, 2.05) is 13.8 Å². The molecule has 0 spiro atoms. The van der Waals surface area contributed by atoms with Crippen LogP contribution in [-0.2, 0) is 21.2 Å². The molecule has 0 radical (unpaired) electrons. The maximum absolute atomic E-state index is 12.3. The Bertz CT molecular complexity index is 880. The molecule has 0 saturated heterocycles. The van der Waals surface area contributed by atoms with Gasteiger partial charge in [-0.3, -0.25) is 9.10 Å². The quantitative estimate of drug-likeness (QED) is 0.618. The number of anilines is 1. The molecule has 152 valence electrons. The fourth-order valence-corrected chi connectivity index (χ4v) is 3.64. The Kier molecular flexibility index (Phi) is 7.87. The highest BCUT2D eigenvalue weighted by Gasteiger charge is 2.23. The summed E-state index contributed by atoms with van der Waals surface area (Å²) in [5.41, 5.74) is 2.79. The van der Waals surface area contributed by atoms with Gasteiger partial charge in [0.1, 0.15) is 12.3 Å². The second-order valence-electron chi connectivity index (χ2n) is 6.61. The zero-order valence-electron chi connectivity index (χ0n) is 16.6. The summed E-state index contributed by atoms with van der Waals surface area (Å²) in [5, 5.41) is 2.80. The second-order valence-corrected chi connectivity index (χ2v) is 8.52. The summed E-state index contributed by atoms with van der Waals surface area (Å²) in [6.45, 7) is 4.47. The zero-order valence-corrected chi connectivity index (χ0v) is 17.5. The molecule has 0 unspecified atom stereocenters. The van der Waals surface area contributed by atoms with Gasteiger partial charge in [-0.2, -0.15) is 0 Å². The Hall–Kier alpha value is -2.54. The average Bonchev–Trinajstić information content (AvgIpc) is 2.65. The van der Waals surface area contributed by atoms with Crippen LogP contribution in [0.3, 0.4) is 0 Å². The first kappa shape index (κ1) is 21.8. The number of rotatable bonds is 10. The van der Waals surface area contributed by atoms with Gasteiger partial charge in [-0.25, -0.2) is 8.42 Å². The molecule has 0 aliphatic rings. The van der Waals surface area contributed by atoms with Crippen molar-refractivity contribution in [3.05, 3.63) is 59.7 Å². The van der Waals surface area contributed by atoms with E-state index in [1.165, 1.54) is 11.1 Å². The fraction of sp³-hybridized carbons (Fsp3) is 0.381. The molecule has 1 N–H and O–H groups in total. The first-order valence-electron chi connectivity index (χ1n) is 9.33. The monoisotopic (exact) mass is 404 g/mol. The summed E-state index contributed by atoms with van der Waals surface area (Å²) in [6.07, 6.45) is 2.72. The van der Waals surface area contributed by atoms with Crippen molar-refractivity contribution in [3.8, 4) is 5.75 Å². The molecule has 6 nitrogen and oxygen atoms in total. The number of amides is 1. The number of sulfonamides is 1. The van der Waals surface area contributed by atoms with Crippen molar-refractivity contribution in [2.75, 3.05) is 30.3 Å². The molecule has 0 fully saturated rings. The van der Waals surface area contributed by atoms with Crippen LogP contribution in [0.25, 0.3) is 0 Å². The number of hydrogen-bond donors (Lipinski definition) is 1. The van der Waals surface area contributed by atoms with Crippen molar-refractivity contribution in [1.82, 2.24) is 5.32 Å². The SMILES string of the molecule is CCOc1ccccc1N(CC(=O)NCCCc1ccc(C)cc1)S(C)(=O)=O. The largest absolute Gasteiger partial charge is 0.492 e. The maximum atomic E-state index is 12.3. The minimum absolute atomic E-state index is 0.284. The Labute approximate surface area is 167 Å². The third kappa shape index (κ3) is 6.56. The van der Waals surface area contributed by atoms with Gasteiger partial charge in [0.25, 0.3) is 0 Å². The second kappa shape index (κ2) is 10.1. The fourth-order valence-electron chi connectivity index (χ4n) is 2.78. The molecule has 0 aliphatic carbocycles. The molecular weight excluding hydrogens is 376 g/mol. The number of para-hydroxylation sites is 2. The molecule has 0 atom stereocenters. The number of carbonyl (C=O) groups excluding carboxylic acids is 1. The summed E-state index contributed by atoms with van der Waals surface area (Å²) in [4.78, 5) is 12.3. The summed E-state index contributed by atoms with van der Waals surface area (Å²) >= 11 is 0. The third-order valence-electron chi connectivity index (χ3n) is 4.21. The van der Waals surface area contributed by atoms with Crippen molar-refractivity contribution < 1.29 is 17.9 Å². The molecular formula is C21H28N2O4S. The van der Waals surface area contributed by atoms with Gasteiger partial charge in [-0.15, -0.1) is 0 Å². The predicted molar refractivity (Wildman–Crippen MR) is 112 cm³/mol. The van der Waals surface area contributed by atoms with Gasteiger partial charge in [-0.1, -0.05) is 42.0 Å². The van der Waals surface area contributed by atoms with E-state index in [0.717, 1.165) is 23.4 Å². The van der Waals surface area contributed by atoms with Gasteiger partial charge in [0.15, 0.2) is 0 Å². The lowest BCUT2D eigenvalue weighted by Crippen LogP contribution is -2.40. The number of carbonyl (C=O) groups is 1. The van der Waals surface area contributed by atoms with Crippen LogP contribution in [0.1, 0.15) is 24.5 Å². The molecule has 0 saturated carbocycles. The average molecular weight is 405 g/mol. The van der Waals surface area contributed by atoms with Crippen LogP contribution in [-0.4, -0.2) is 40.3 Å². The van der Waals surface area contributed by atoms with Crippen LogP contribution in [0.15, 0.2) is 48.5 Å². The summed E-state index contributed by atoms with van der Waals surface area (Å²) in [7, 11) is -3.64. The Balaban J connectivity index is 1.95. The zero-order chi connectivity index (χ0) is 20.6. The highest BCUT2D eigenvalue weighted by molar-refractivity contribution is 7.92. The number of nitrogens with one attached hydrogen (secondary N) is 1. The van der Waals surface area contributed by atoms with Gasteiger partial charge < -0.3 is 10.1 Å². The lowest BCUT2D eigenvalue weighted by molar-refractivity contribution is -0.119. The molecule has 2 aromatic carbocycles. The minimum Gasteiger partial charge on any atom is -0.492 e. The number of aryl methyl sites for hydroxylation is 2. The Morgan fingerprint density at radius 1 is 1.11 bits per heavy atom. The Morgan fingerprint density at radius 3 is 2.43 bits per heavy atom. The van der Waals surface area contributed by atoms with E-state index < -0.39 is 10.0 Å². The van der Waals surface area contributed by atoms with E-state index in [9.17, 15) is 13.2 Å². The molecule has 0 bridgehead atoms. The maximum Gasteiger partial charge on any atom is 0.240 e. The topological polar surface area (TPSA) is 75.7 Å². The third-order valence-corrected chi connectivity index (χ3v) is 5.33. The minimum atomic E-state index is -3.64. The molecule has 1 amide bonds. The summed E-state index contributed by atoms with van der Waals surface area (Å²) in [5.74, 6) is 0.0863. The van der Waals surface area contributed by atoms with Crippen molar-refractivity contribution >= 4 is 21.6 Å². The van der Waals surface area contributed by atoms with E-state index in [0.29, 0.717) is 24.6 Å². The van der Waals surface area contributed by atoms with E-state index in [4.69, 9.17) is 4.74 Å². The van der Waals surface area contributed by atoms with Crippen molar-refractivity contribution in [1.29, 1.82) is 0 Å². The summed E-state index contributed by atoms with van der Waals surface area (Å²) in [6, 6.07) is 15.1. The van der Waals surface area contributed by atoms with E-state index in [1.54, 1.807) is 24.3 Å². The first-order valence-corrected chi connectivity index (χ1v) is 11.2. The first-order chi connectivity index (χ1) is 13.3. The number of benzene rings is 2. The standard InChI is InChI=1S/C21H28N2O4S/c1-4-27-20-10-6-5-9-19(20)23(28(3,25)26)16-21(24)22-15-7-8-18-13-11-17(2)12-14-18/h5-6,9-14H,4,7-8,15-16H2,1-3H3,(H,22,24). The Morgan fingerprint density at radius 2 is 1.79 bits per heavy atom. The lowest BCUT2D eigenvalue weighted by atomic mass is 10.1. The molecule has 28 heavy (non-hydrogen) atoms. The molecule has 0 aromatic heterocycles. The van der Waals surface area contributed by atoms with Crippen LogP contribution in [0.2, 0.25) is 0 Å². The van der Waals surface area contributed by atoms with Crippen molar-refractivity contribution in [2.24, 2.45) is 0 Å². The molecule has 0 heterocycles. The van der Waals surface area contributed by atoms with Crippen molar-refractivity contribution in [3.63, 3.8) is 0 Å². The van der Waals surface area contributed by atoms with Gasteiger partial charge in [-0.05, 0) is 44.4 Å². The van der Waals surface area contributed by atoms with Crippen LogP contribution in [0, 0.1) is 6.92 Å². The van der Waals surface area contributed by atoms with Gasteiger partial charge in [0.05, 0.1) is 18.6 Å². The highest BCUT2D eigenvalue weighted by Crippen LogP contribution is 2.29. The summed E-state index contributed by atoms with van der Waals surface area (Å²) < 4.78 is 31.1. The lowest BCUT2D eigenvalue weighted by Gasteiger charge is -2.24. The number of nitrogens with zero attached hydrogens (tertiary/aromatic N) is 1.